The van der Waals surface area contributed by atoms with E-state index in [4.69, 9.17) is 4.74 Å². The number of hydrogen-bond acceptors (Lipinski definition) is 3. The summed E-state index contributed by atoms with van der Waals surface area (Å²) < 4.78 is 30.8. The number of halogens is 2. The van der Waals surface area contributed by atoms with Crippen LogP contribution in [0.1, 0.15) is 35.2 Å². The number of carboxylic acids is 1. The summed E-state index contributed by atoms with van der Waals surface area (Å²) in [6.45, 7) is 3.02. The van der Waals surface area contributed by atoms with Gasteiger partial charge in [-0.15, -0.1) is 0 Å². The van der Waals surface area contributed by atoms with Gasteiger partial charge in [0, 0.05) is 37.3 Å². The Bertz CT molecular complexity index is 548. The summed E-state index contributed by atoms with van der Waals surface area (Å²) >= 11 is 0. The average Bonchev–Trinajstić information content (AvgIpc) is 2.44. The predicted octanol–water partition coefficient (Wildman–Crippen LogP) is 2.94. The van der Waals surface area contributed by atoms with Crippen molar-refractivity contribution in [1.82, 2.24) is 0 Å². The van der Waals surface area contributed by atoms with Crippen LogP contribution < -0.4 is 4.90 Å². The molecule has 1 aromatic rings. The third kappa shape index (κ3) is 2.60. The van der Waals surface area contributed by atoms with Crippen LogP contribution in [0.3, 0.4) is 0 Å². The summed E-state index contributed by atoms with van der Waals surface area (Å²) in [7, 11) is 0. The zero-order valence-corrected chi connectivity index (χ0v) is 11.5. The first-order valence-corrected chi connectivity index (χ1v) is 6.99. The van der Waals surface area contributed by atoms with Gasteiger partial charge < -0.3 is 14.7 Å². The molecule has 0 aliphatic carbocycles. The molecule has 0 atom stereocenters. The Kier molecular flexibility index (Phi) is 3.57. The largest absolute Gasteiger partial charge is 0.478 e. The zero-order chi connectivity index (χ0) is 15.0. The highest BCUT2D eigenvalue weighted by Gasteiger charge is 2.44. The number of ether oxygens (including phenoxy) is 1. The molecule has 2 aliphatic heterocycles. The minimum Gasteiger partial charge on any atom is -0.478 e. The number of alkyl halides is 2. The van der Waals surface area contributed by atoms with Crippen molar-refractivity contribution in [3.05, 3.63) is 29.3 Å². The highest BCUT2D eigenvalue weighted by molar-refractivity contribution is 5.95. The minimum atomic E-state index is -2.66. The van der Waals surface area contributed by atoms with Gasteiger partial charge in [0.2, 0.25) is 0 Å². The molecule has 1 aromatic carbocycles. The summed E-state index contributed by atoms with van der Waals surface area (Å²) in [6.07, 6.45) is -0.711. The third-order valence-electron chi connectivity index (χ3n) is 4.45. The molecule has 0 amide bonds. The number of benzene rings is 1. The maximum Gasteiger partial charge on any atom is 0.337 e. The predicted molar refractivity (Wildman–Crippen MR) is 73.1 cm³/mol. The van der Waals surface area contributed by atoms with E-state index >= 15 is 0 Å². The van der Waals surface area contributed by atoms with Crippen LogP contribution in [0, 0.1) is 5.41 Å². The zero-order valence-electron chi connectivity index (χ0n) is 11.5. The molecule has 4 nitrogen and oxygen atoms in total. The van der Waals surface area contributed by atoms with E-state index in [9.17, 15) is 18.7 Å². The fraction of sp³-hybridized carbons (Fsp3) is 0.533. The summed E-state index contributed by atoms with van der Waals surface area (Å²) in [5.41, 5.74) is 0.436. The molecule has 0 radical (unpaired) electrons. The lowest BCUT2D eigenvalue weighted by Crippen LogP contribution is -2.58. The van der Waals surface area contributed by atoms with Gasteiger partial charge in [0.25, 0.3) is 6.43 Å². The number of rotatable bonds is 3. The van der Waals surface area contributed by atoms with E-state index in [-0.39, 0.29) is 16.5 Å². The molecule has 0 aromatic heterocycles. The number of carboxylic acid groups (broad SMARTS) is 1. The lowest BCUT2D eigenvalue weighted by atomic mass is 9.73. The number of nitrogens with zero attached hydrogens (tertiary/aromatic N) is 1. The molecule has 3 rings (SSSR count). The van der Waals surface area contributed by atoms with Gasteiger partial charge in [-0.3, -0.25) is 0 Å². The van der Waals surface area contributed by atoms with Crippen molar-refractivity contribution in [2.75, 3.05) is 31.2 Å². The van der Waals surface area contributed by atoms with Crippen molar-refractivity contribution in [3.63, 3.8) is 0 Å². The minimum absolute atomic E-state index is 0.0466. The van der Waals surface area contributed by atoms with Gasteiger partial charge in [-0.25, -0.2) is 13.6 Å². The SMILES string of the molecule is O=C(O)c1cc(C(F)F)ccc1N1CC2(CCOCC2)C1. The Morgan fingerprint density at radius 2 is 1.95 bits per heavy atom. The lowest BCUT2D eigenvalue weighted by Gasteiger charge is -2.53. The summed E-state index contributed by atoms with van der Waals surface area (Å²) in [4.78, 5) is 13.3. The number of hydrogen-bond donors (Lipinski definition) is 1. The number of carbonyl (C=O) groups is 1. The molecule has 1 N–H and O–H groups in total. The quantitative estimate of drug-likeness (QED) is 0.932. The van der Waals surface area contributed by atoms with E-state index in [0.29, 0.717) is 5.69 Å². The van der Waals surface area contributed by atoms with Crippen LogP contribution >= 0.6 is 0 Å². The molecular formula is C15H17F2NO3. The normalized spacial score (nSPS) is 20.6. The molecule has 0 bridgehead atoms. The Morgan fingerprint density at radius 1 is 1.29 bits per heavy atom. The van der Waals surface area contributed by atoms with Gasteiger partial charge in [-0.05, 0) is 25.0 Å². The maximum atomic E-state index is 12.7. The van der Waals surface area contributed by atoms with Crippen molar-refractivity contribution in [2.45, 2.75) is 19.3 Å². The molecule has 6 heteroatoms. The molecule has 0 unspecified atom stereocenters. The smallest absolute Gasteiger partial charge is 0.337 e. The first-order valence-electron chi connectivity index (χ1n) is 6.99. The van der Waals surface area contributed by atoms with Gasteiger partial charge in [0.05, 0.1) is 11.3 Å². The van der Waals surface area contributed by atoms with Crippen LogP contribution in [0.4, 0.5) is 14.5 Å². The molecular weight excluding hydrogens is 280 g/mol. The van der Waals surface area contributed by atoms with Gasteiger partial charge in [-0.1, -0.05) is 6.07 Å². The second-order valence-corrected chi connectivity index (χ2v) is 5.85. The molecule has 21 heavy (non-hydrogen) atoms. The molecule has 2 heterocycles. The number of aromatic carboxylic acids is 1. The topological polar surface area (TPSA) is 49.8 Å². The van der Waals surface area contributed by atoms with Crippen LogP contribution in [-0.2, 0) is 4.74 Å². The summed E-state index contributed by atoms with van der Waals surface area (Å²) in [5, 5.41) is 9.25. The highest BCUT2D eigenvalue weighted by Crippen LogP contribution is 2.43. The van der Waals surface area contributed by atoms with Crippen LogP contribution in [0.25, 0.3) is 0 Å². The number of anilines is 1. The molecule has 114 valence electrons. The Labute approximate surface area is 121 Å². The highest BCUT2D eigenvalue weighted by atomic mass is 19.3. The molecule has 1 spiro atoms. The Balaban J connectivity index is 1.81. The van der Waals surface area contributed by atoms with E-state index in [1.807, 2.05) is 4.90 Å². The first kappa shape index (κ1) is 14.3. The van der Waals surface area contributed by atoms with Gasteiger partial charge in [-0.2, -0.15) is 0 Å². The van der Waals surface area contributed by atoms with E-state index in [1.54, 1.807) is 0 Å². The lowest BCUT2D eigenvalue weighted by molar-refractivity contribution is -0.000307. The maximum absolute atomic E-state index is 12.7. The van der Waals surface area contributed by atoms with Crippen LogP contribution in [0.15, 0.2) is 18.2 Å². The Morgan fingerprint density at radius 3 is 2.52 bits per heavy atom. The third-order valence-corrected chi connectivity index (χ3v) is 4.45. The Hall–Kier alpha value is -1.69. The standard InChI is InChI=1S/C15H17F2NO3/c16-13(17)10-1-2-12(11(7-10)14(19)20)18-8-15(9-18)3-5-21-6-4-15/h1-2,7,13H,3-6,8-9H2,(H,19,20). The molecule has 2 saturated heterocycles. The van der Waals surface area contributed by atoms with E-state index < -0.39 is 12.4 Å². The molecule has 2 aliphatic rings. The van der Waals surface area contributed by atoms with E-state index in [1.165, 1.54) is 12.1 Å². The van der Waals surface area contributed by atoms with Crippen LogP contribution in [0.5, 0.6) is 0 Å². The second-order valence-electron chi connectivity index (χ2n) is 5.85. The van der Waals surface area contributed by atoms with Crippen molar-refractivity contribution in [2.24, 2.45) is 5.41 Å². The fourth-order valence-electron chi connectivity index (χ4n) is 3.19. The second kappa shape index (κ2) is 5.26. The van der Waals surface area contributed by atoms with Gasteiger partial charge >= 0.3 is 5.97 Å². The van der Waals surface area contributed by atoms with Crippen LogP contribution in [0.2, 0.25) is 0 Å². The summed E-state index contributed by atoms with van der Waals surface area (Å²) in [5.74, 6) is -1.17. The molecule has 2 fully saturated rings. The fourth-order valence-corrected chi connectivity index (χ4v) is 3.19. The molecule has 0 saturated carbocycles. The van der Waals surface area contributed by atoms with Crippen molar-refractivity contribution < 1.29 is 23.4 Å². The first-order chi connectivity index (χ1) is 10.0. The van der Waals surface area contributed by atoms with Gasteiger partial charge in [0.15, 0.2) is 0 Å². The van der Waals surface area contributed by atoms with E-state index in [0.717, 1.165) is 45.2 Å². The van der Waals surface area contributed by atoms with Crippen LogP contribution in [-0.4, -0.2) is 37.4 Å². The monoisotopic (exact) mass is 297 g/mol. The summed E-state index contributed by atoms with van der Waals surface area (Å²) in [6, 6.07) is 3.88. The van der Waals surface area contributed by atoms with Crippen molar-refractivity contribution >= 4 is 11.7 Å². The average molecular weight is 297 g/mol. The van der Waals surface area contributed by atoms with E-state index in [2.05, 4.69) is 0 Å². The van der Waals surface area contributed by atoms with Crippen molar-refractivity contribution in [3.8, 4) is 0 Å². The van der Waals surface area contributed by atoms with Crippen molar-refractivity contribution in [1.29, 1.82) is 0 Å². The van der Waals surface area contributed by atoms with Gasteiger partial charge in [0.1, 0.15) is 0 Å².